The average Bonchev–Trinajstić information content (AvgIpc) is 3.88. The summed E-state index contributed by atoms with van der Waals surface area (Å²) in [5.41, 5.74) is 14.3. The maximum atomic E-state index is 5.61. The van der Waals surface area contributed by atoms with Gasteiger partial charge in [0.05, 0.1) is 0 Å². The Hall–Kier alpha value is -6.82. The van der Waals surface area contributed by atoms with Crippen molar-refractivity contribution in [3.63, 3.8) is 0 Å². The van der Waals surface area contributed by atoms with Gasteiger partial charge in [0, 0.05) is 0 Å². The zero-order valence-electron chi connectivity index (χ0n) is 32.9. The molecule has 3 nitrogen and oxygen atoms in total. The minimum atomic E-state index is -3.69. The monoisotopic (exact) mass is 815 g/mol. The zero-order chi connectivity index (χ0) is 39.3. The summed E-state index contributed by atoms with van der Waals surface area (Å²) in [6, 6.07) is 73.6. The van der Waals surface area contributed by atoms with Crippen molar-refractivity contribution in [3.05, 3.63) is 211 Å². The van der Waals surface area contributed by atoms with Crippen molar-refractivity contribution in [1.29, 1.82) is 0 Å². The fraction of sp³-hybridized carbons (Fsp3) is 0.0545. The summed E-state index contributed by atoms with van der Waals surface area (Å²) < 4.78 is 7.91. The second-order valence-corrected chi connectivity index (χ2v) is 24.2. The van der Waals surface area contributed by atoms with E-state index >= 15 is 0 Å². The van der Waals surface area contributed by atoms with Crippen LogP contribution in [0, 0.1) is 0 Å². The molecule has 0 saturated carbocycles. The summed E-state index contributed by atoms with van der Waals surface area (Å²) in [6.45, 7) is 4.77. The number of para-hydroxylation sites is 1. The first-order valence-electron chi connectivity index (χ1n) is 20.5. The molecular formula is C55H39GeN3. The zero-order valence-corrected chi connectivity index (χ0v) is 35.0. The second kappa shape index (κ2) is 12.8. The van der Waals surface area contributed by atoms with Gasteiger partial charge in [-0.25, -0.2) is 0 Å². The first-order chi connectivity index (χ1) is 29.0. The molecule has 4 heteroatoms. The summed E-state index contributed by atoms with van der Waals surface area (Å²) in [6.07, 6.45) is 0. The number of benzene rings is 8. The number of nitrogens with zero attached hydrogens (tertiary/aromatic N) is 3. The predicted octanol–water partition coefficient (Wildman–Crippen LogP) is 10.6. The first-order valence-corrected chi connectivity index (χ1v) is 24.7. The topological polar surface area (TPSA) is 30.7 Å². The van der Waals surface area contributed by atoms with Crippen molar-refractivity contribution in [2.24, 2.45) is 0 Å². The molecular weight excluding hydrogens is 775 g/mol. The van der Waals surface area contributed by atoms with Gasteiger partial charge in [-0.05, 0) is 0 Å². The molecule has 0 radical (unpaired) electrons. The van der Waals surface area contributed by atoms with Crippen LogP contribution < -0.4 is 17.6 Å². The fourth-order valence-corrected chi connectivity index (χ4v) is 21.6. The van der Waals surface area contributed by atoms with Crippen LogP contribution >= 0.6 is 0 Å². The van der Waals surface area contributed by atoms with E-state index in [4.69, 9.17) is 9.97 Å². The number of aromatic nitrogens is 3. The summed E-state index contributed by atoms with van der Waals surface area (Å²) in [7, 11) is 0. The first kappa shape index (κ1) is 34.2. The number of hydrogen-bond acceptors (Lipinski definition) is 2. The van der Waals surface area contributed by atoms with E-state index in [9.17, 15) is 0 Å². The molecule has 59 heavy (non-hydrogen) atoms. The quantitative estimate of drug-likeness (QED) is 0.162. The van der Waals surface area contributed by atoms with Gasteiger partial charge in [-0.3, -0.25) is 0 Å². The molecule has 2 aromatic heterocycles. The molecule has 0 N–H and O–H groups in total. The minimum absolute atomic E-state index is 0.124. The van der Waals surface area contributed by atoms with Crippen molar-refractivity contribution < 1.29 is 0 Å². The van der Waals surface area contributed by atoms with Gasteiger partial charge in [-0.1, -0.05) is 24.3 Å². The van der Waals surface area contributed by atoms with Crippen molar-refractivity contribution >= 4 is 52.7 Å². The Morgan fingerprint density at radius 3 is 1.78 bits per heavy atom. The molecule has 2 aliphatic rings. The van der Waals surface area contributed by atoms with E-state index in [2.05, 4.69) is 219 Å². The van der Waals surface area contributed by atoms with Gasteiger partial charge in [-0.2, -0.15) is 0 Å². The normalized spacial score (nSPS) is 14.2. The third kappa shape index (κ3) is 4.77. The van der Waals surface area contributed by atoms with Crippen LogP contribution in [0.25, 0.3) is 72.5 Å². The van der Waals surface area contributed by atoms with Gasteiger partial charge in [0.25, 0.3) is 0 Å². The van der Waals surface area contributed by atoms with E-state index < -0.39 is 13.3 Å². The molecule has 3 heterocycles. The molecule has 278 valence electrons. The van der Waals surface area contributed by atoms with Crippen molar-refractivity contribution in [3.8, 4) is 50.7 Å². The van der Waals surface area contributed by atoms with E-state index in [-0.39, 0.29) is 5.41 Å². The van der Waals surface area contributed by atoms with Gasteiger partial charge < -0.3 is 0 Å². The molecule has 0 fully saturated rings. The van der Waals surface area contributed by atoms with Crippen LogP contribution in [0.3, 0.4) is 0 Å². The number of fused-ring (bicyclic) bond motifs is 10. The van der Waals surface area contributed by atoms with Gasteiger partial charge in [-0.15, -0.1) is 0 Å². The predicted molar refractivity (Wildman–Crippen MR) is 247 cm³/mol. The van der Waals surface area contributed by atoms with E-state index in [0.717, 1.165) is 34.0 Å². The Balaban J connectivity index is 1.11. The van der Waals surface area contributed by atoms with Crippen LogP contribution in [0.5, 0.6) is 0 Å². The molecule has 12 rings (SSSR count). The van der Waals surface area contributed by atoms with E-state index in [1.165, 1.54) is 67.2 Å². The van der Waals surface area contributed by atoms with Crippen molar-refractivity contribution in [2.75, 3.05) is 0 Å². The Morgan fingerprint density at radius 1 is 0.458 bits per heavy atom. The van der Waals surface area contributed by atoms with E-state index in [1.54, 1.807) is 0 Å². The average molecular weight is 815 g/mol. The van der Waals surface area contributed by atoms with Crippen LogP contribution in [0.2, 0.25) is 0 Å². The molecule has 1 aliphatic carbocycles. The van der Waals surface area contributed by atoms with Gasteiger partial charge >= 0.3 is 324 Å². The summed E-state index contributed by atoms with van der Waals surface area (Å²) >= 11 is -3.69. The Kier molecular flexibility index (Phi) is 7.45. The fourth-order valence-electron chi connectivity index (χ4n) is 10.6. The van der Waals surface area contributed by atoms with Gasteiger partial charge in [0.2, 0.25) is 0 Å². The molecule has 8 aromatic carbocycles. The molecule has 0 bridgehead atoms. The van der Waals surface area contributed by atoms with Crippen LogP contribution in [0.4, 0.5) is 0 Å². The third-order valence-corrected chi connectivity index (χ3v) is 23.3. The van der Waals surface area contributed by atoms with Crippen molar-refractivity contribution in [2.45, 2.75) is 19.3 Å². The number of rotatable bonds is 5. The Morgan fingerprint density at radius 2 is 1.05 bits per heavy atom. The van der Waals surface area contributed by atoms with Gasteiger partial charge in [0.15, 0.2) is 0 Å². The summed E-state index contributed by atoms with van der Waals surface area (Å²) in [4.78, 5) is 11.1. The van der Waals surface area contributed by atoms with Crippen LogP contribution in [0.15, 0.2) is 200 Å². The third-order valence-electron chi connectivity index (χ3n) is 13.1. The van der Waals surface area contributed by atoms with E-state index in [0.29, 0.717) is 0 Å². The molecule has 10 aromatic rings. The standard InChI is InChI=1S/C55H39GeN3/c1-55(2)45-27-15-12-24-41(45)42-34-35-48-49(50(42)55)44-26-14-17-29-47(44)59(48)40-32-30-36(31-33-40)52-51-53(58-54(57-52)37-18-6-3-7-19-37)43-25-13-16-28-46(43)56(51,38-20-8-4-9-21-38)39-22-10-5-11-23-39/h3-35H,1-2H3. The number of hydrogen-bond donors (Lipinski definition) is 0. The maximum absolute atomic E-state index is 5.61. The molecule has 0 spiro atoms. The van der Waals surface area contributed by atoms with Crippen LogP contribution in [0.1, 0.15) is 25.0 Å². The molecule has 0 unspecified atom stereocenters. The Labute approximate surface area is 346 Å². The molecule has 1 aliphatic heterocycles. The van der Waals surface area contributed by atoms with Crippen LogP contribution in [-0.2, 0) is 5.41 Å². The SMILES string of the molecule is CC1(C)c2ccccc2-c2ccc3c(c21)c1ccccc1n3-c1ccc(-c2nc(-c3ccccc3)nc3[c]2[Ge]([c]2ccccc2)([c]2ccccc2)[c]2ccccc2-3)cc1. The summed E-state index contributed by atoms with van der Waals surface area (Å²) in [5.74, 6) is 0.748. The molecule has 0 atom stereocenters. The summed E-state index contributed by atoms with van der Waals surface area (Å²) in [5, 5.41) is 2.62. The van der Waals surface area contributed by atoms with E-state index in [1.807, 2.05) is 0 Å². The molecule has 0 saturated heterocycles. The molecule has 0 amide bonds. The van der Waals surface area contributed by atoms with Crippen molar-refractivity contribution in [1.82, 2.24) is 14.5 Å². The van der Waals surface area contributed by atoms with Crippen LogP contribution in [-0.4, -0.2) is 27.8 Å². The van der Waals surface area contributed by atoms with Gasteiger partial charge in [0.1, 0.15) is 0 Å². The second-order valence-electron chi connectivity index (χ2n) is 16.5. The Bertz CT molecular complexity index is 3240.